The van der Waals surface area contributed by atoms with Crippen molar-refractivity contribution >= 4 is 17.6 Å². The molecule has 2 amide bonds. The summed E-state index contributed by atoms with van der Waals surface area (Å²) in [6.07, 6.45) is 1.29. The van der Waals surface area contributed by atoms with E-state index in [2.05, 4.69) is 25.7 Å². The molecule has 0 aliphatic carbocycles. The number of amides is 2. The second-order valence-electron chi connectivity index (χ2n) is 5.73. The number of nitrogens with zero attached hydrogens (tertiary/aromatic N) is 3. The molecule has 1 unspecified atom stereocenters. The van der Waals surface area contributed by atoms with Gasteiger partial charge in [-0.15, -0.1) is 0 Å². The number of aromatic amines is 1. The van der Waals surface area contributed by atoms with E-state index in [1.807, 2.05) is 20.8 Å². The lowest BCUT2D eigenvalue weighted by molar-refractivity contribution is -0.136. The van der Waals surface area contributed by atoms with Gasteiger partial charge in [0.15, 0.2) is 0 Å². The fraction of sp³-hybridized carbons (Fsp3) is 0.438. The molecule has 0 aliphatic heterocycles. The van der Waals surface area contributed by atoms with Crippen LogP contribution in [0.1, 0.15) is 38.6 Å². The Bertz CT molecular complexity index is 839. The highest BCUT2D eigenvalue weighted by Crippen LogP contribution is 2.14. The van der Waals surface area contributed by atoms with Crippen LogP contribution in [0.15, 0.2) is 16.9 Å². The average molecular weight is 346 g/mol. The number of rotatable bonds is 5. The van der Waals surface area contributed by atoms with Crippen molar-refractivity contribution in [1.29, 1.82) is 0 Å². The summed E-state index contributed by atoms with van der Waals surface area (Å²) in [6, 6.07) is 2.88. The lowest BCUT2D eigenvalue weighted by Gasteiger charge is -2.12. The molecular weight excluding hydrogens is 324 g/mol. The van der Waals surface area contributed by atoms with Crippen molar-refractivity contribution in [2.75, 3.05) is 5.32 Å². The van der Waals surface area contributed by atoms with Crippen LogP contribution in [0.3, 0.4) is 0 Å². The van der Waals surface area contributed by atoms with E-state index in [0.717, 1.165) is 0 Å². The standard InChI is InChI=1S/C16H22N6O3/c1-5-9(3)17-14(24)15(25)19-12-7-10(4)21-22(12)16-18-11(6-2)8-13(23)20-16/h7-9H,5-6H2,1-4H3,(H,17,24)(H,19,25)(H,18,20,23). The van der Waals surface area contributed by atoms with E-state index in [1.165, 1.54) is 10.7 Å². The highest BCUT2D eigenvalue weighted by molar-refractivity contribution is 6.39. The molecule has 0 aromatic carbocycles. The maximum absolute atomic E-state index is 12.1. The lowest BCUT2D eigenvalue weighted by Crippen LogP contribution is -2.40. The van der Waals surface area contributed by atoms with Gasteiger partial charge in [-0.1, -0.05) is 13.8 Å². The van der Waals surface area contributed by atoms with Crippen molar-refractivity contribution in [2.24, 2.45) is 0 Å². The zero-order chi connectivity index (χ0) is 18.6. The van der Waals surface area contributed by atoms with Gasteiger partial charge in [-0.2, -0.15) is 9.78 Å². The number of anilines is 1. The second-order valence-corrected chi connectivity index (χ2v) is 5.73. The van der Waals surface area contributed by atoms with Gasteiger partial charge in [0.2, 0.25) is 5.95 Å². The molecule has 2 rings (SSSR count). The van der Waals surface area contributed by atoms with Gasteiger partial charge in [0, 0.05) is 23.9 Å². The first-order valence-electron chi connectivity index (χ1n) is 8.13. The summed E-state index contributed by atoms with van der Waals surface area (Å²) in [5.41, 5.74) is 0.877. The van der Waals surface area contributed by atoms with Crippen LogP contribution < -0.4 is 16.2 Å². The maximum Gasteiger partial charge on any atom is 0.314 e. The number of hydrogen-bond acceptors (Lipinski definition) is 5. The molecule has 0 bridgehead atoms. The predicted octanol–water partition coefficient (Wildman–Crippen LogP) is 0.680. The summed E-state index contributed by atoms with van der Waals surface area (Å²) in [5, 5.41) is 9.32. The van der Waals surface area contributed by atoms with Crippen LogP contribution in [-0.4, -0.2) is 37.6 Å². The molecule has 2 aromatic rings. The highest BCUT2D eigenvalue weighted by Gasteiger charge is 2.19. The molecule has 9 nitrogen and oxygen atoms in total. The van der Waals surface area contributed by atoms with Gasteiger partial charge in [0.05, 0.1) is 5.69 Å². The Kier molecular flexibility index (Phi) is 5.68. The first kappa shape index (κ1) is 18.4. The zero-order valence-electron chi connectivity index (χ0n) is 14.7. The SMILES string of the molecule is CCc1cc(=O)[nH]c(-n2nc(C)cc2NC(=O)C(=O)NC(C)CC)n1. The molecule has 9 heteroatoms. The number of carbonyl (C=O) groups is 2. The molecule has 1 atom stereocenters. The largest absolute Gasteiger partial charge is 0.345 e. The average Bonchev–Trinajstić information content (AvgIpc) is 2.94. The third kappa shape index (κ3) is 4.52. The molecule has 134 valence electrons. The predicted molar refractivity (Wildman–Crippen MR) is 92.6 cm³/mol. The van der Waals surface area contributed by atoms with Crippen molar-refractivity contribution in [3.05, 3.63) is 33.9 Å². The Morgan fingerprint density at radius 2 is 2.00 bits per heavy atom. The summed E-state index contributed by atoms with van der Waals surface area (Å²) in [5.74, 6) is -1.12. The molecule has 3 N–H and O–H groups in total. The fourth-order valence-corrected chi connectivity index (χ4v) is 2.09. The Balaban J connectivity index is 2.30. The summed E-state index contributed by atoms with van der Waals surface area (Å²) >= 11 is 0. The first-order valence-corrected chi connectivity index (χ1v) is 8.13. The number of H-pyrrole nitrogens is 1. The van der Waals surface area contributed by atoms with E-state index in [4.69, 9.17) is 0 Å². The third-order valence-electron chi connectivity index (χ3n) is 3.61. The lowest BCUT2D eigenvalue weighted by atomic mass is 10.2. The number of aromatic nitrogens is 4. The molecule has 2 heterocycles. The maximum atomic E-state index is 12.1. The summed E-state index contributed by atoms with van der Waals surface area (Å²) in [6.45, 7) is 7.32. The van der Waals surface area contributed by atoms with Crippen molar-refractivity contribution in [2.45, 2.75) is 46.6 Å². The van der Waals surface area contributed by atoms with Crippen LogP contribution in [0, 0.1) is 6.92 Å². The van der Waals surface area contributed by atoms with Crippen molar-refractivity contribution in [3.8, 4) is 5.95 Å². The van der Waals surface area contributed by atoms with Crippen LogP contribution >= 0.6 is 0 Å². The van der Waals surface area contributed by atoms with Crippen LogP contribution in [0.2, 0.25) is 0 Å². The third-order valence-corrected chi connectivity index (χ3v) is 3.61. The minimum absolute atomic E-state index is 0.107. The van der Waals surface area contributed by atoms with E-state index < -0.39 is 11.8 Å². The number of hydrogen-bond donors (Lipinski definition) is 3. The van der Waals surface area contributed by atoms with Gasteiger partial charge < -0.3 is 10.6 Å². The second kappa shape index (κ2) is 7.73. The topological polar surface area (TPSA) is 122 Å². The summed E-state index contributed by atoms with van der Waals surface area (Å²) in [4.78, 5) is 42.6. The molecule has 2 aromatic heterocycles. The van der Waals surface area contributed by atoms with Crippen LogP contribution in [0.25, 0.3) is 5.95 Å². The molecule has 0 saturated heterocycles. The minimum Gasteiger partial charge on any atom is -0.345 e. The van der Waals surface area contributed by atoms with Crippen LogP contribution in [0.5, 0.6) is 0 Å². The van der Waals surface area contributed by atoms with E-state index >= 15 is 0 Å². The molecule has 0 saturated carbocycles. The Morgan fingerprint density at radius 3 is 2.64 bits per heavy atom. The van der Waals surface area contributed by atoms with E-state index in [0.29, 0.717) is 24.2 Å². The number of aryl methyl sites for hydroxylation is 2. The summed E-state index contributed by atoms with van der Waals surface area (Å²) in [7, 11) is 0. The smallest absolute Gasteiger partial charge is 0.314 e. The molecule has 25 heavy (non-hydrogen) atoms. The van der Waals surface area contributed by atoms with Gasteiger partial charge in [-0.25, -0.2) is 4.98 Å². The Hall–Kier alpha value is -2.97. The highest BCUT2D eigenvalue weighted by atomic mass is 16.2. The molecule has 0 aliphatic rings. The number of nitrogens with one attached hydrogen (secondary N) is 3. The molecule has 0 radical (unpaired) electrons. The monoisotopic (exact) mass is 346 g/mol. The molecular formula is C16H22N6O3. The normalized spacial score (nSPS) is 11.8. The number of carbonyl (C=O) groups excluding carboxylic acids is 2. The molecule has 0 fully saturated rings. The fourth-order valence-electron chi connectivity index (χ4n) is 2.09. The first-order chi connectivity index (χ1) is 11.8. The van der Waals surface area contributed by atoms with Crippen molar-refractivity contribution < 1.29 is 9.59 Å². The van der Waals surface area contributed by atoms with E-state index in [9.17, 15) is 14.4 Å². The Labute approximate surface area is 144 Å². The quantitative estimate of drug-likeness (QED) is 0.687. The van der Waals surface area contributed by atoms with E-state index in [1.54, 1.807) is 13.0 Å². The summed E-state index contributed by atoms with van der Waals surface area (Å²) < 4.78 is 1.30. The van der Waals surface area contributed by atoms with Gasteiger partial charge >= 0.3 is 11.8 Å². The van der Waals surface area contributed by atoms with Crippen molar-refractivity contribution in [3.63, 3.8) is 0 Å². The molecule has 0 spiro atoms. The van der Waals surface area contributed by atoms with Crippen LogP contribution in [0.4, 0.5) is 5.82 Å². The van der Waals surface area contributed by atoms with Gasteiger partial charge in [0.25, 0.3) is 5.56 Å². The van der Waals surface area contributed by atoms with Crippen LogP contribution in [-0.2, 0) is 16.0 Å². The van der Waals surface area contributed by atoms with Crippen molar-refractivity contribution in [1.82, 2.24) is 25.1 Å². The van der Waals surface area contributed by atoms with Gasteiger partial charge in [-0.05, 0) is 26.7 Å². The minimum atomic E-state index is -0.810. The Morgan fingerprint density at radius 1 is 1.28 bits per heavy atom. The van der Waals surface area contributed by atoms with Gasteiger partial charge in [-0.3, -0.25) is 19.4 Å². The van der Waals surface area contributed by atoms with Gasteiger partial charge in [0.1, 0.15) is 5.82 Å². The zero-order valence-corrected chi connectivity index (χ0v) is 14.7. The van der Waals surface area contributed by atoms with E-state index in [-0.39, 0.29) is 23.4 Å².